The minimum atomic E-state index is -0.137. The number of fused-ring (bicyclic) bond motifs is 2. The molecule has 0 aliphatic carbocycles. The number of hydrogen-bond acceptors (Lipinski definition) is 4. The number of nitrogens with zero attached hydrogens (tertiary/aromatic N) is 4. The average molecular weight is 372 g/mol. The number of likely N-dealkylation sites (tertiary alicyclic amines) is 1. The Morgan fingerprint density at radius 1 is 1.04 bits per heavy atom. The van der Waals surface area contributed by atoms with Crippen molar-refractivity contribution in [1.29, 1.82) is 0 Å². The van der Waals surface area contributed by atoms with E-state index in [2.05, 4.69) is 10.2 Å². The number of phenolic OH excluding ortho intramolecular Hbond substituents is 1. The lowest BCUT2D eigenvalue weighted by atomic mass is 9.96. The van der Waals surface area contributed by atoms with E-state index >= 15 is 0 Å². The van der Waals surface area contributed by atoms with Crippen molar-refractivity contribution in [2.45, 2.75) is 18.8 Å². The maximum atomic E-state index is 13.2. The Morgan fingerprint density at radius 2 is 1.82 bits per heavy atom. The Bertz CT molecular complexity index is 1180. The molecule has 28 heavy (non-hydrogen) atoms. The van der Waals surface area contributed by atoms with Gasteiger partial charge >= 0.3 is 0 Å². The molecule has 140 valence electrons. The molecule has 1 atom stereocenters. The standard InChI is InChI=1S/C22H20N4O2/c27-19-13-16-7-2-1-6-15(16)12-18(19)22(28)25-10-5-8-17(14-25)21-24-23-20-9-3-4-11-26(20)21/h1-4,6-7,9,11-13,17,27H,5,8,10,14H2. The number of pyridine rings is 1. The zero-order chi connectivity index (χ0) is 19.1. The fourth-order valence-electron chi connectivity index (χ4n) is 4.08. The molecule has 0 bridgehead atoms. The molecule has 0 radical (unpaired) electrons. The molecular formula is C22H20N4O2. The maximum Gasteiger partial charge on any atom is 0.257 e. The maximum absolute atomic E-state index is 13.2. The minimum absolute atomic E-state index is 0.0266. The van der Waals surface area contributed by atoms with E-state index < -0.39 is 0 Å². The summed E-state index contributed by atoms with van der Waals surface area (Å²) in [6, 6.07) is 17.0. The number of aromatic hydroxyl groups is 1. The first-order valence-corrected chi connectivity index (χ1v) is 9.51. The zero-order valence-corrected chi connectivity index (χ0v) is 15.3. The van der Waals surface area contributed by atoms with Gasteiger partial charge in [0.05, 0.1) is 5.56 Å². The van der Waals surface area contributed by atoms with E-state index in [0.29, 0.717) is 18.7 Å². The lowest BCUT2D eigenvalue weighted by molar-refractivity contribution is 0.0701. The third-order valence-corrected chi connectivity index (χ3v) is 5.51. The van der Waals surface area contributed by atoms with Crippen LogP contribution >= 0.6 is 0 Å². The molecule has 1 aliphatic rings. The second-order valence-corrected chi connectivity index (χ2v) is 7.29. The number of rotatable bonds is 2. The molecule has 1 aliphatic heterocycles. The first kappa shape index (κ1) is 16.7. The van der Waals surface area contributed by atoms with E-state index in [4.69, 9.17) is 0 Å². The predicted octanol–water partition coefficient (Wildman–Crippen LogP) is 3.61. The lowest BCUT2D eigenvalue weighted by Crippen LogP contribution is -2.39. The third kappa shape index (κ3) is 2.78. The average Bonchev–Trinajstić information content (AvgIpc) is 3.17. The molecule has 2 aromatic heterocycles. The van der Waals surface area contributed by atoms with Crippen molar-refractivity contribution in [2.24, 2.45) is 0 Å². The van der Waals surface area contributed by atoms with Gasteiger partial charge in [-0.05, 0) is 47.9 Å². The van der Waals surface area contributed by atoms with Gasteiger partial charge in [-0.15, -0.1) is 10.2 Å². The molecule has 1 fully saturated rings. The highest BCUT2D eigenvalue weighted by atomic mass is 16.3. The van der Waals surface area contributed by atoms with Crippen molar-refractivity contribution in [3.63, 3.8) is 0 Å². The molecule has 0 spiro atoms. The summed E-state index contributed by atoms with van der Waals surface area (Å²) in [4.78, 5) is 15.0. The molecule has 6 heteroatoms. The number of amides is 1. The van der Waals surface area contributed by atoms with Gasteiger partial charge in [0.2, 0.25) is 0 Å². The summed E-state index contributed by atoms with van der Waals surface area (Å²) in [6.07, 6.45) is 3.82. The highest BCUT2D eigenvalue weighted by molar-refractivity contribution is 6.01. The number of carbonyl (C=O) groups excluding carboxylic acids is 1. The van der Waals surface area contributed by atoms with Crippen molar-refractivity contribution in [3.05, 3.63) is 72.2 Å². The van der Waals surface area contributed by atoms with Crippen LogP contribution in [0, 0.1) is 0 Å². The van der Waals surface area contributed by atoms with Gasteiger partial charge < -0.3 is 10.0 Å². The molecule has 1 saturated heterocycles. The van der Waals surface area contributed by atoms with Crippen LogP contribution in [-0.4, -0.2) is 43.6 Å². The summed E-state index contributed by atoms with van der Waals surface area (Å²) in [7, 11) is 0. The van der Waals surface area contributed by atoms with Crippen LogP contribution in [0.4, 0.5) is 0 Å². The second-order valence-electron chi connectivity index (χ2n) is 7.29. The van der Waals surface area contributed by atoms with Crippen LogP contribution in [0.25, 0.3) is 16.4 Å². The number of phenols is 1. The molecular weight excluding hydrogens is 352 g/mol. The Morgan fingerprint density at radius 3 is 2.68 bits per heavy atom. The topological polar surface area (TPSA) is 70.7 Å². The quantitative estimate of drug-likeness (QED) is 0.584. The molecule has 3 heterocycles. The number of benzene rings is 2. The molecule has 0 saturated carbocycles. The van der Waals surface area contributed by atoms with Crippen molar-refractivity contribution in [3.8, 4) is 5.75 Å². The van der Waals surface area contributed by atoms with Gasteiger partial charge in [-0.3, -0.25) is 9.20 Å². The summed E-state index contributed by atoms with van der Waals surface area (Å²) in [5.41, 5.74) is 1.17. The normalized spacial score (nSPS) is 17.3. The Labute approximate surface area is 162 Å². The fraction of sp³-hybridized carbons (Fsp3) is 0.227. The van der Waals surface area contributed by atoms with Crippen molar-refractivity contribution in [1.82, 2.24) is 19.5 Å². The van der Waals surface area contributed by atoms with E-state index in [1.807, 2.05) is 58.0 Å². The number of carbonyl (C=O) groups is 1. The van der Waals surface area contributed by atoms with Crippen molar-refractivity contribution in [2.75, 3.05) is 13.1 Å². The van der Waals surface area contributed by atoms with Crippen molar-refractivity contribution < 1.29 is 9.90 Å². The minimum Gasteiger partial charge on any atom is -0.507 e. The number of piperidine rings is 1. The van der Waals surface area contributed by atoms with E-state index in [1.165, 1.54) is 0 Å². The highest BCUT2D eigenvalue weighted by Gasteiger charge is 2.29. The summed E-state index contributed by atoms with van der Waals surface area (Å²) in [5.74, 6) is 0.897. The Hall–Kier alpha value is -3.41. The summed E-state index contributed by atoms with van der Waals surface area (Å²) in [5, 5.41) is 20.9. The van der Waals surface area contributed by atoms with Crippen LogP contribution in [0.5, 0.6) is 5.75 Å². The number of aromatic nitrogens is 3. The predicted molar refractivity (Wildman–Crippen MR) is 106 cm³/mol. The van der Waals surface area contributed by atoms with Crippen LogP contribution in [0.2, 0.25) is 0 Å². The van der Waals surface area contributed by atoms with Crippen LogP contribution in [0.3, 0.4) is 0 Å². The van der Waals surface area contributed by atoms with Gasteiger partial charge in [0.1, 0.15) is 11.6 Å². The van der Waals surface area contributed by atoms with Crippen molar-refractivity contribution >= 4 is 22.3 Å². The number of hydrogen-bond donors (Lipinski definition) is 1. The first-order chi connectivity index (χ1) is 13.7. The van der Waals surface area contributed by atoms with Gasteiger partial charge in [0.25, 0.3) is 5.91 Å². The van der Waals surface area contributed by atoms with Crippen LogP contribution in [-0.2, 0) is 0 Å². The first-order valence-electron chi connectivity index (χ1n) is 9.51. The largest absolute Gasteiger partial charge is 0.507 e. The van der Waals surface area contributed by atoms with E-state index in [9.17, 15) is 9.90 Å². The monoisotopic (exact) mass is 372 g/mol. The third-order valence-electron chi connectivity index (χ3n) is 5.51. The molecule has 1 N–H and O–H groups in total. The van der Waals surface area contributed by atoms with Gasteiger partial charge in [-0.2, -0.15) is 0 Å². The van der Waals surface area contributed by atoms with Crippen LogP contribution in [0.15, 0.2) is 60.8 Å². The molecule has 1 unspecified atom stereocenters. The molecule has 5 rings (SSSR count). The second kappa shape index (κ2) is 6.64. The fourth-order valence-corrected chi connectivity index (χ4v) is 4.08. The van der Waals surface area contributed by atoms with Gasteiger partial charge in [0, 0.05) is 25.2 Å². The van der Waals surface area contributed by atoms with Gasteiger partial charge in [-0.25, -0.2) is 0 Å². The van der Waals surface area contributed by atoms with E-state index in [0.717, 1.165) is 35.1 Å². The van der Waals surface area contributed by atoms with Crippen LogP contribution < -0.4 is 0 Å². The SMILES string of the molecule is O=C(c1cc2ccccc2cc1O)N1CCCC(c2nnc3ccccn23)C1. The molecule has 4 aromatic rings. The van der Waals surface area contributed by atoms with E-state index in [1.54, 1.807) is 12.1 Å². The lowest BCUT2D eigenvalue weighted by Gasteiger charge is -2.32. The Balaban J connectivity index is 1.45. The van der Waals surface area contributed by atoms with Gasteiger partial charge in [-0.1, -0.05) is 30.3 Å². The zero-order valence-electron chi connectivity index (χ0n) is 15.3. The summed E-state index contributed by atoms with van der Waals surface area (Å²) >= 11 is 0. The molecule has 1 amide bonds. The molecule has 2 aromatic carbocycles. The van der Waals surface area contributed by atoms with Gasteiger partial charge in [0.15, 0.2) is 5.65 Å². The molecule has 6 nitrogen and oxygen atoms in total. The smallest absolute Gasteiger partial charge is 0.257 e. The van der Waals surface area contributed by atoms with Crippen LogP contribution in [0.1, 0.15) is 34.9 Å². The summed E-state index contributed by atoms with van der Waals surface area (Å²) in [6.45, 7) is 1.25. The highest BCUT2D eigenvalue weighted by Crippen LogP contribution is 2.30. The Kier molecular flexibility index (Phi) is 3.97. The van der Waals surface area contributed by atoms with E-state index in [-0.39, 0.29) is 17.6 Å². The summed E-state index contributed by atoms with van der Waals surface area (Å²) < 4.78 is 1.99.